The Bertz CT molecular complexity index is 794. The van der Waals surface area contributed by atoms with Crippen molar-refractivity contribution in [3.63, 3.8) is 0 Å². The number of carbonyl (C=O) groups is 1. The van der Waals surface area contributed by atoms with Crippen molar-refractivity contribution in [3.05, 3.63) is 60.2 Å². The first kappa shape index (κ1) is 19.1. The van der Waals surface area contributed by atoms with Crippen LogP contribution < -0.4 is 16.4 Å². The lowest BCUT2D eigenvalue weighted by molar-refractivity contribution is -0.137. The number of nitrogens with zero attached hydrogens (tertiary/aromatic N) is 1. The number of alkyl halides is 3. The van der Waals surface area contributed by atoms with E-state index in [1.807, 2.05) is 0 Å². The van der Waals surface area contributed by atoms with Crippen LogP contribution in [0.1, 0.15) is 11.1 Å². The summed E-state index contributed by atoms with van der Waals surface area (Å²) in [6.07, 6.45) is -3.68. The number of aromatic nitrogens is 1. The molecule has 0 bridgehead atoms. The van der Waals surface area contributed by atoms with Gasteiger partial charge in [0.2, 0.25) is 0 Å². The maximum atomic E-state index is 12.7. The van der Waals surface area contributed by atoms with Crippen LogP contribution in [-0.4, -0.2) is 17.7 Å². The number of pyridine rings is 1. The van der Waals surface area contributed by atoms with Crippen molar-refractivity contribution in [2.45, 2.75) is 12.7 Å². The van der Waals surface area contributed by atoms with Gasteiger partial charge in [0.05, 0.1) is 11.3 Å². The van der Waals surface area contributed by atoms with E-state index in [0.717, 1.165) is 12.1 Å². The number of hydrogen-bond acceptors (Lipinski definition) is 5. The van der Waals surface area contributed by atoms with Gasteiger partial charge in [-0.2, -0.15) is 13.2 Å². The molecule has 0 saturated carbocycles. The number of nitrogen functional groups attached to an aromatic ring is 1. The van der Waals surface area contributed by atoms with Crippen LogP contribution in [0.4, 0.5) is 35.3 Å². The monoisotopic (exact) mass is 366 g/mol. The minimum Gasteiger partial charge on any atom is -0.445 e. The second-order valence-electron chi connectivity index (χ2n) is 5.19. The molecule has 0 atom stereocenters. The molecular weight excluding hydrogens is 349 g/mol. The van der Waals surface area contributed by atoms with E-state index >= 15 is 0 Å². The number of hydrogen-bond donors (Lipinski definition) is 3. The smallest absolute Gasteiger partial charge is 0.416 e. The third-order valence-electron chi connectivity index (χ3n) is 3.22. The fraction of sp³-hybridized carbons (Fsp3) is 0.176. The van der Waals surface area contributed by atoms with E-state index < -0.39 is 17.8 Å². The molecule has 0 saturated heterocycles. The predicted octanol–water partition coefficient (Wildman–Crippen LogP) is 4.03. The standard InChI is InChI=1S/C17H17F3N4O2/c1-2-8-26-16(25)23-13-6-7-14(24-15(13)21)22-10-11-4-3-5-12(9-11)17(18,19)20/h2-7,9H,1,8,10H2,(H,23,25)(H3,21,22,24). The predicted molar refractivity (Wildman–Crippen MR) is 92.6 cm³/mol. The lowest BCUT2D eigenvalue weighted by Gasteiger charge is -2.12. The lowest BCUT2D eigenvalue weighted by atomic mass is 10.1. The molecular formula is C17H17F3N4O2. The largest absolute Gasteiger partial charge is 0.445 e. The molecule has 0 aliphatic rings. The van der Waals surface area contributed by atoms with Gasteiger partial charge in [-0.05, 0) is 29.8 Å². The number of halogens is 3. The Hall–Kier alpha value is -3.23. The highest BCUT2D eigenvalue weighted by Gasteiger charge is 2.30. The van der Waals surface area contributed by atoms with Gasteiger partial charge in [0.15, 0.2) is 0 Å². The number of amides is 1. The lowest BCUT2D eigenvalue weighted by Crippen LogP contribution is -2.15. The number of benzene rings is 1. The molecule has 0 aliphatic heterocycles. The maximum absolute atomic E-state index is 12.7. The first-order valence-corrected chi connectivity index (χ1v) is 7.51. The molecule has 0 fully saturated rings. The Kier molecular flexibility index (Phi) is 6.05. The van der Waals surface area contributed by atoms with Gasteiger partial charge in [-0.3, -0.25) is 5.32 Å². The molecule has 4 N–H and O–H groups in total. The summed E-state index contributed by atoms with van der Waals surface area (Å²) in [4.78, 5) is 15.5. The molecule has 0 unspecified atom stereocenters. The number of anilines is 3. The van der Waals surface area contributed by atoms with Crippen LogP contribution in [0.15, 0.2) is 49.1 Å². The van der Waals surface area contributed by atoms with Crippen LogP contribution in [0.2, 0.25) is 0 Å². The van der Waals surface area contributed by atoms with Gasteiger partial charge >= 0.3 is 12.3 Å². The summed E-state index contributed by atoms with van der Waals surface area (Å²) in [6.45, 7) is 3.60. The molecule has 0 radical (unpaired) electrons. The Balaban J connectivity index is 2.00. The summed E-state index contributed by atoms with van der Waals surface area (Å²) in [5.41, 5.74) is 5.73. The quantitative estimate of drug-likeness (QED) is 0.672. The average molecular weight is 366 g/mol. The molecule has 6 nitrogen and oxygen atoms in total. The third kappa shape index (κ3) is 5.40. The van der Waals surface area contributed by atoms with Crippen molar-refractivity contribution in [3.8, 4) is 0 Å². The molecule has 0 aliphatic carbocycles. The summed E-state index contributed by atoms with van der Waals surface area (Å²) < 4.78 is 42.9. The first-order chi connectivity index (χ1) is 12.3. The summed E-state index contributed by atoms with van der Waals surface area (Å²) in [7, 11) is 0. The number of carbonyl (C=O) groups excluding carboxylic acids is 1. The number of ether oxygens (including phenoxy) is 1. The van der Waals surface area contributed by atoms with Gasteiger partial charge in [-0.25, -0.2) is 9.78 Å². The summed E-state index contributed by atoms with van der Waals surface area (Å²) in [6, 6.07) is 8.01. The SMILES string of the molecule is C=CCOC(=O)Nc1ccc(NCc2cccc(C(F)(F)F)c2)nc1N. The first-order valence-electron chi connectivity index (χ1n) is 7.51. The second-order valence-corrected chi connectivity index (χ2v) is 5.19. The Morgan fingerprint density at radius 3 is 2.73 bits per heavy atom. The van der Waals surface area contributed by atoms with Crippen molar-refractivity contribution >= 4 is 23.4 Å². The van der Waals surface area contributed by atoms with Crippen LogP contribution in [0.25, 0.3) is 0 Å². The molecule has 26 heavy (non-hydrogen) atoms. The van der Waals surface area contributed by atoms with Crippen molar-refractivity contribution in [2.75, 3.05) is 23.0 Å². The normalized spacial score (nSPS) is 10.9. The molecule has 138 valence electrons. The van der Waals surface area contributed by atoms with Crippen LogP contribution in [-0.2, 0) is 17.5 Å². The number of nitrogens with two attached hydrogens (primary N) is 1. The highest BCUT2D eigenvalue weighted by Crippen LogP contribution is 2.29. The maximum Gasteiger partial charge on any atom is 0.416 e. The molecule has 2 rings (SSSR count). The van der Waals surface area contributed by atoms with E-state index in [4.69, 9.17) is 10.5 Å². The summed E-state index contributed by atoms with van der Waals surface area (Å²) in [5.74, 6) is 0.388. The van der Waals surface area contributed by atoms with Gasteiger partial charge in [0, 0.05) is 6.54 Å². The number of rotatable bonds is 6. The minimum atomic E-state index is -4.40. The molecule has 9 heteroatoms. The Morgan fingerprint density at radius 1 is 1.31 bits per heavy atom. The van der Waals surface area contributed by atoms with Crippen molar-refractivity contribution in [1.82, 2.24) is 4.98 Å². The molecule has 2 aromatic rings. The van der Waals surface area contributed by atoms with Gasteiger partial charge in [0.25, 0.3) is 0 Å². The summed E-state index contributed by atoms with van der Waals surface area (Å²) >= 11 is 0. The zero-order valence-corrected chi connectivity index (χ0v) is 13.6. The fourth-order valence-electron chi connectivity index (χ4n) is 2.01. The highest BCUT2D eigenvalue weighted by molar-refractivity contribution is 5.88. The summed E-state index contributed by atoms with van der Waals surface area (Å²) in [5, 5.41) is 5.30. The van der Waals surface area contributed by atoms with Gasteiger partial charge < -0.3 is 15.8 Å². The molecule has 1 amide bonds. The van der Waals surface area contributed by atoms with Crippen LogP contribution >= 0.6 is 0 Å². The highest BCUT2D eigenvalue weighted by atomic mass is 19.4. The fourth-order valence-corrected chi connectivity index (χ4v) is 2.01. The van der Waals surface area contributed by atoms with Crippen LogP contribution in [0.3, 0.4) is 0 Å². The van der Waals surface area contributed by atoms with Crippen molar-refractivity contribution in [2.24, 2.45) is 0 Å². The second kappa shape index (κ2) is 8.24. The average Bonchev–Trinajstić information content (AvgIpc) is 2.60. The van der Waals surface area contributed by atoms with Crippen molar-refractivity contribution < 1.29 is 22.7 Å². The molecule has 1 aromatic carbocycles. The van der Waals surface area contributed by atoms with Crippen molar-refractivity contribution in [1.29, 1.82) is 0 Å². The van der Waals surface area contributed by atoms with Gasteiger partial charge in [-0.15, -0.1) is 0 Å². The molecule has 1 heterocycles. The molecule has 0 spiro atoms. The van der Waals surface area contributed by atoms with Gasteiger partial charge in [0.1, 0.15) is 18.2 Å². The topological polar surface area (TPSA) is 89.3 Å². The van der Waals surface area contributed by atoms with E-state index in [-0.39, 0.29) is 24.7 Å². The van der Waals surface area contributed by atoms with E-state index in [1.54, 1.807) is 6.07 Å². The van der Waals surface area contributed by atoms with E-state index in [1.165, 1.54) is 24.3 Å². The van der Waals surface area contributed by atoms with E-state index in [2.05, 4.69) is 22.2 Å². The minimum absolute atomic E-state index is 0.0367. The number of nitrogens with one attached hydrogen (secondary N) is 2. The van der Waals surface area contributed by atoms with Gasteiger partial charge in [-0.1, -0.05) is 24.8 Å². The zero-order valence-electron chi connectivity index (χ0n) is 13.6. The van der Waals surface area contributed by atoms with Crippen LogP contribution in [0, 0.1) is 0 Å². The van der Waals surface area contributed by atoms with E-state index in [0.29, 0.717) is 11.4 Å². The Morgan fingerprint density at radius 2 is 2.08 bits per heavy atom. The zero-order chi connectivity index (χ0) is 19.2. The van der Waals surface area contributed by atoms with E-state index in [9.17, 15) is 18.0 Å². The molecule has 1 aromatic heterocycles. The van der Waals surface area contributed by atoms with Crippen LogP contribution in [0.5, 0.6) is 0 Å². The third-order valence-corrected chi connectivity index (χ3v) is 3.22. The Labute approximate surface area is 147 Å².